The number of hydrogen-bond acceptors (Lipinski definition) is 3. The number of aliphatic carboxylic acids is 1. The second-order valence-corrected chi connectivity index (χ2v) is 6.45. The van der Waals surface area contributed by atoms with Gasteiger partial charge in [0.15, 0.2) is 0 Å². The molecule has 0 aliphatic carbocycles. The van der Waals surface area contributed by atoms with Crippen LogP contribution in [0.15, 0.2) is 48.7 Å². The third kappa shape index (κ3) is 4.04. The third-order valence-electron chi connectivity index (χ3n) is 4.69. The van der Waals surface area contributed by atoms with E-state index >= 15 is 0 Å². The number of carboxylic acids is 1. The van der Waals surface area contributed by atoms with E-state index < -0.39 is 23.6 Å². The predicted octanol–water partition coefficient (Wildman–Crippen LogP) is 3.99. The van der Waals surface area contributed by atoms with Crippen LogP contribution in [-0.4, -0.2) is 34.0 Å². The molecular weight excluding hydrogens is 345 g/mol. The zero-order valence-electron chi connectivity index (χ0n) is 14.0. The molecule has 2 unspecified atom stereocenters. The highest BCUT2D eigenvalue weighted by molar-refractivity contribution is 5.70. The highest BCUT2D eigenvalue weighted by Crippen LogP contribution is 2.34. The van der Waals surface area contributed by atoms with Gasteiger partial charge in [-0.15, -0.1) is 0 Å². The first kappa shape index (κ1) is 18.4. The summed E-state index contributed by atoms with van der Waals surface area (Å²) < 4.78 is 38.6. The van der Waals surface area contributed by atoms with Crippen molar-refractivity contribution in [3.63, 3.8) is 0 Å². The molecule has 3 rings (SSSR count). The molecule has 4 nitrogen and oxygen atoms in total. The summed E-state index contributed by atoms with van der Waals surface area (Å²) in [5.74, 6) is -1.33. The summed E-state index contributed by atoms with van der Waals surface area (Å²) in [4.78, 5) is 17.7. The van der Waals surface area contributed by atoms with E-state index in [1.165, 1.54) is 12.1 Å². The summed E-state index contributed by atoms with van der Waals surface area (Å²) in [6.07, 6.45) is -1.43. The van der Waals surface area contributed by atoms with Crippen molar-refractivity contribution in [3.8, 4) is 0 Å². The van der Waals surface area contributed by atoms with Gasteiger partial charge in [0.2, 0.25) is 0 Å². The van der Waals surface area contributed by atoms with Crippen molar-refractivity contribution in [2.24, 2.45) is 5.92 Å². The molecule has 138 valence electrons. The minimum Gasteiger partial charge on any atom is -0.481 e. The number of halogens is 3. The summed E-state index contributed by atoms with van der Waals surface area (Å²) in [7, 11) is 0. The Balaban J connectivity index is 1.95. The Morgan fingerprint density at radius 2 is 1.92 bits per heavy atom. The molecule has 0 radical (unpaired) electrons. The van der Waals surface area contributed by atoms with Crippen LogP contribution in [0.5, 0.6) is 0 Å². The smallest absolute Gasteiger partial charge is 0.416 e. The van der Waals surface area contributed by atoms with Crippen LogP contribution in [0.2, 0.25) is 0 Å². The largest absolute Gasteiger partial charge is 0.481 e. The van der Waals surface area contributed by atoms with Gasteiger partial charge in [-0.05, 0) is 49.2 Å². The van der Waals surface area contributed by atoms with E-state index in [4.69, 9.17) is 0 Å². The van der Waals surface area contributed by atoms with Crippen LogP contribution in [0.4, 0.5) is 13.2 Å². The van der Waals surface area contributed by atoms with Gasteiger partial charge in [-0.2, -0.15) is 13.2 Å². The van der Waals surface area contributed by atoms with Crippen LogP contribution in [-0.2, 0) is 11.0 Å². The van der Waals surface area contributed by atoms with Crippen molar-refractivity contribution in [1.82, 2.24) is 9.88 Å². The van der Waals surface area contributed by atoms with E-state index in [-0.39, 0.29) is 6.04 Å². The summed E-state index contributed by atoms with van der Waals surface area (Å²) in [5, 5.41) is 9.34. The van der Waals surface area contributed by atoms with Crippen molar-refractivity contribution in [1.29, 1.82) is 0 Å². The first-order chi connectivity index (χ1) is 12.4. The first-order valence-corrected chi connectivity index (χ1v) is 8.41. The number of pyridine rings is 1. The first-order valence-electron chi connectivity index (χ1n) is 8.41. The number of alkyl halides is 3. The van der Waals surface area contributed by atoms with Gasteiger partial charge in [0.05, 0.1) is 23.2 Å². The summed E-state index contributed by atoms with van der Waals surface area (Å²) in [6, 6.07) is 10.0. The lowest BCUT2D eigenvalue weighted by atomic mass is 9.93. The number of benzene rings is 1. The number of piperidine rings is 1. The van der Waals surface area contributed by atoms with Gasteiger partial charge in [-0.25, -0.2) is 0 Å². The van der Waals surface area contributed by atoms with Gasteiger partial charge in [0, 0.05) is 12.7 Å². The predicted molar refractivity (Wildman–Crippen MR) is 89.5 cm³/mol. The Kier molecular flexibility index (Phi) is 5.27. The molecule has 0 bridgehead atoms. The molecule has 0 amide bonds. The fourth-order valence-corrected chi connectivity index (χ4v) is 3.40. The van der Waals surface area contributed by atoms with E-state index in [1.54, 1.807) is 12.3 Å². The van der Waals surface area contributed by atoms with Crippen molar-refractivity contribution in [2.45, 2.75) is 25.1 Å². The number of carbonyl (C=O) groups is 1. The Labute approximate surface area is 149 Å². The second-order valence-electron chi connectivity index (χ2n) is 6.45. The Morgan fingerprint density at radius 3 is 2.50 bits per heavy atom. The van der Waals surface area contributed by atoms with E-state index in [0.29, 0.717) is 30.8 Å². The van der Waals surface area contributed by atoms with Crippen molar-refractivity contribution in [3.05, 3.63) is 65.5 Å². The molecule has 0 saturated carbocycles. The zero-order chi connectivity index (χ0) is 18.7. The van der Waals surface area contributed by atoms with Crippen LogP contribution >= 0.6 is 0 Å². The summed E-state index contributed by atoms with van der Waals surface area (Å²) in [6.45, 7) is 1.02. The lowest BCUT2D eigenvalue weighted by Crippen LogP contribution is -2.41. The Hall–Kier alpha value is -2.41. The summed E-state index contributed by atoms with van der Waals surface area (Å²) >= 11 is 0. The molecule has 0 spiro atoms. The monoisotopic (exact) mass is 364 g/mol. The van der Waals surface area contributed by atoms with Crippen LogP contribution in [0.3, 0.4) is 0 Å². The number of nitrogens with zero attached hydrogens (tertiary/aromatic N) is 2. The maximum absolute atomic E-state index is 12.9. The average molecular weight is 364 g/mol. The van der Waals surface area contributed by atoms with E-state index in [2.05, 4.69) is 4.98 Å². The SMILES string of the molecule is O=C(O)C1CCCN(C(c2ccc(C(F)(F)F)cc2)c2ccccn2)C1. The molecule has 1 aromatic carbocycles. The molecule has 1 aromatic heterocycles. The molecule has 1 N–H and O–H groups in total. The van der Waals surface area contributed by atoms with Crippen LogP contribution in [0.25, 0.3) is 0 Å². The Morgan fingerprint density at radius 1 is 1.19 bits per heavy atom. The normalized spacial score (nSPS) is 19.9. The van der Waals surface area contributed by atoms with Crippen molar-refractivity contribution < 1.29 is 23.1 Å². The molecule has 26 heavy (non-hydrogen) atoms. The number of carboxylic acid groups (broad SMARTS) is 1. The fourth-order valence-electron chi connectivity index (χ4n) is 3.40. The second kappa shape index (κ2) is 7.45. The molecule has 1 aliphatic heterocycles. The number of rotatable bonds is 4. The topological polar surface area (TPSA) is 53.4 Å². The minimum absolute atomic E-state index is 0.345. The number of likely N-dealkylation sites (tertiary alicyclic amines) is 1. The highest BCUT2D eigenvalue weighted by Gasteiger charge is 2.33. The fraction of sp³-hybridized carbons (Fsp3) is 0.368. The van der Waals surface area contributed by atoms with Gasteiger partial charge in [0.1, 0.15) is 0 Å². The maximum atomic E-state index is 12.9. The molecule has 2 aromatic rings. The average Bonchev–Trinajstić information content (AvgIpc) is 2.63. The molecule has 1 saturated heterocycles. The van der Waals surface area contributed by atoms with E-state index in [9.17, 15) is 23.1 Å². The third-order valence-corrected chi connectivity index (χ3v) is 4.69. The van der Waals surface area contributed by atoms with Crippen molar-refractivity contribution >= 4 is 5.97 Å². The standard InChI is InChI=1S/C19H19F3N2O2/c20-19(21,22)15-8-6-13(7-9-15)17(16-5-1-2-10-23-16)24-11-3-4-14(12-24)18(25)26/h1-2,5-10,14,17H,3-4,11-12H2,(H,25,26). The quantitative estimate of drug-likeness (QED) is 0.891. The molecular formula is C19H19F3N2O2. The van der Waals surface area contributed by atoms with Crippen LogP contribution in [0, 0.1) is 5.92 Å². The Bertz CT molecular complexity index is 748. The van der Waals surface area contributed by atoms with Gasteiger partial charge in [-0.3, -0.25) is 14.7 Å². The van der Waals surface area contributed by atoms with Crippen molar-refractivity contribution in [2.75, 3.05) is 13.1 Å². The minimum atomic E-state index is -4.39. The molecule has 1 aliphatic rings. The zero-order valence-corrected chi connectivity index (χ0v) is 14.0. The van der Waals surface area contributed by atoms with Gasteiger partial charge in [-0.1, -0.05) is 18.2 Å². The van der Waals surface area contributed by atoms with E-state index in [0.717, 1.165) is 18.6 Å². The van der Waals surface area contributed by atoms with Crippen LogP contribution in [0.1, 0.15) is 35.7 Å². The number of aromatic nitrogens is 1. The lowest BCUT2D eigenvalue weighted by Gasteiger charge is -2.37. The van der Waals surface area contributed by atoms with E-state index in [1.807, 2.05) is 17.0 Å². The highest BCUT2D eigenvalue weighted by atomic mass is 19.4. The molecule has 1 fully saturated rings. The maximum Gasteiger partial charge on any atom is 0.416 e. The van der Waals surface area contributed by atoms with Gasteiger partial charge >= 0.3 is 12.1 Å². The lowest BCUT2D eigenvalue weighted by molar-refractivity contribution is -0.144. The number of hydrogen-bond donors (Lipinski definition) is 1. The van der Waals surface area contributed by atoms with Gasteiger partial charge < -0.3 is 5.11 Å². The summed E-state index contributed by atoms with van der Waals surface area (Å²) in [5.41, 5.74) is 0.657. The van der Waals surface area contributed by atoms with Gasteiger partial charge in [0.25, 0.3) is 0 Å². The molecule has 2 heterocycles. The van der Waals surface area contributed by atoms with Crippen LogP contribution < -0.4 is 0 Å². The molecule has 7 heteroatoms. The molecule has 2 atom stereocenters.